The van der Waals surface area contributed by atoms with Gasteiger partial charge in [0.15, 0.2) is 6.61 Å². The van der Waals surface area contributed by atoms with Crippen LogP contribution in [-0.4, -0.2) is 63.0 Å². The third-order valence-electron chi connectivity index (χ3n) is 4.55. The number of morpholine rings is 1. The van der Waals surface area contributed by atoms with Gasteiger partial charge in [-0.1, -0.05) is 24.3 Å². The summed E-state index contributed by atoms with van der Waals surface area (Å²) in [5, 5.41) is 3.99. The number of hydrogen-bond acceptors (Lipinski definition) is 7. The minimum Gasteiger partial charge on any atom is -0.482 e. The van der Waals surface area contributed by atoms with Crippen molar-refractivity contribution in [3.63, 3.8) is 0 Å². The molecule has 158 valence electrons. The Kier molecular flexibility index (Phi) is 7.94. The number of methoxy groups -OCH3 is 1. The van der Waals surface area contributed by atoms with Gasteiger partial charge in [-0.2, -0.15) is 5.10 Å². The van der Waals surface area contributed by atoms with Crippen molar-refractivity contribution in [3.05, 3.63) is 65.2 Å². The first-order valence-electron chi connectivity index (χ1n) is 9.66. The van der Waals surface area contributed by atoms with Crippen molar-refractivity contribution in [1.29, 1.82) is 0 Å². The van der Waals surface area contributed by atoms with Gasteiger partial charge in [-0.25, -0.2) is 10.2 Å². The summed E-state index contributed by atoms with van der Waals surface area (Å²) >= 11 is 0. The normalized spacial score (nSPS) is 14.4. The van der Waals surface area contributed by atoms with Crippen LogP contribution in [0.5, 0.6) is 5.75 Å². The largest absolute Gasteiger partial charge is 0.482 e. The Morgan fingerprint density at radius 2 is 1.93 bits per heavy atom. The van der Waals surface area contributed by atoms with Gasteiger partial charge >= 0.3 is 5.97 Å². The molecule has 1 amide bonds. The minimum atomic E-state index is -0.461. The molecule has 0 radical (unpaired) electrons. The molecule has 1 N–H and O–H groups in total. The molecule has 0 bridgehead atoms. The van der Waals surface area contributed by atoms with Crippen LogP contribution in [-0.2, 0) is 20.8 Å². The van der Waals surface area contributed by atoms with E-state index in [-0.39, 0.29) is 12.5 Å². The second kappa shape index (κ2) is 11.1. The average Bonchev–Trinajstić information content (AvgIpc) is 2.79. The predicted molar refractivity (Wildman–Crippen MR) is 112 cm³/mol. The molecule has 2 aromatic rings. The molecule has 30 heavy (non-hydrogen) atoms. The highest BCUT2D eigenvalue weighted by atomic mass is 16.6. The number of carbonyl (C=O) groups is 2. The quantitative estimate of drug-likeness (QED) is 0.405. The summed E-state index contributed by atoms with van der Waals surface area (Å²) in [4.78, 5) is 25.8. The van der Waals surface area contributed by atoms with Crippen molar-refractivity contribution < 1.29 is 23.8 Å². The fraction of sp³-hybridized carbons (Fsp3) is 0.318. The number of hydrogen-bond donors (Lipinski definition) is 1. The van der Waals surface area contributed by atoms with Crippen molar-refractivity contribution in [2.24, 2.45) is 5.10 Å². The van der Waals surface area contributed by atoms with E-state index in [1.807, 2.05) is 12.1 Å². The van der Waals surface area contributed by atoms with Gasteiger partial charge in [-0.15, -0.1) is 0 Å². The molecule has 1 fully saturated rings. The van der Waals surface area contributed by atoms with Crippen molar-refractivity contribution >= 4 is 18.1 Å². The Balaban J connectivity index is 1.50. The molecule has 0 atom stereocenters. The molecular formula is C22H25N3O5. The molecule has 2 aromatic carbocycles. The second-order valence-electron chi connectivity index (χ2n) is 6.72. The van der Waals surface area contributed by atoms with E-state index < -0.39 is 5.97 Å². The zero-order valence-corrected chi connectivity index (χ0v) is 16.9. The molecule has 3 rings (SSSR count). The van der Waals surface area contributed by atoms with Crippen LogP contribution in [0.15, 0.2) is 53.6 Å². The van der Waals surface area contributed by atoms with Crippen molar-refractivity contribution in [3.8, 4) is 5.75 Å². The third kappa shape index (κ3) is 6.68. The Bertz CT molecular complexity index is 877. The molecule has 8 heteroatoms. The van der Waals surface area contributed by atoms with Crippen LogP contribution in [0.25, 0.3) is 0 Å². The summed E-state index contributed by atoms with van der Waals surface area (Å²) in [5.41, 5.74) is 4.93. The van der Waals surface area contributed by atoms with Gasteiger partial charge in [0.05, 0.1) is 26.5 Å². The maximum absolute atomic E-state index is 12.3. The first-order valence-corrected chi connectivity index (χ1v) is 9.66. The SMILES string of the molecule is COC(=O)COc1cccc(/C=N/NC(=O)c2ccc(CN3CCOCC3)cc2)c1. The molecule has 1 heterocycles. The number of amides is 1. The molecule has 0 aromatic heterocycles. The number of carbonyl (C=O) groups excluding carboxylic acids is 2. The highest BCUT2D eigenvalue weighted by Crippen LogP contribution is 2.12. The average molecular weight is 411 g/mol. The van der Waals surface area contributed by atoms with Gasteiger partial charge in [0.1, 0.15) is 5.75 Å². The Labute approximate surface area is 175 Å². The second-order valence-corrected chi connectivity index (χ2v) is 6.72. The van der Waals surface area contributed by atoms with Crippen LogP contribution in [0.1, 0.15) is 21.5 Å². The van der Waals surface area contributed by atoms with Crippen LogP contribution >= 0.6 is 0 Å². The predicted octanol–water partition coefficient (Wildman–Crippen LogP) is 1.83. The molecule has 1 aliphatic heterocycles. The minimum absolute atomic E-state index is 0.171. The smallest absolute Gasteiger partial charge is 0.343 e. The van der Waals surface area contributed by atoms with E-state index in [4.69, 9.17) is 9.47 Å². The van der Waals surface area contributed by atoms with E-state index in [0.29, 0.717) is 11.3 Å². The van der Waals surface area contributed by atoms with Crippen LogP contribution in [0.4, 0.5) is 0 Å². The van der Waals surface area contributed by atoms with Gasteiger partial charge in [-0.3, -0.25) is 9.69 Å². The van der Waals surface area contributed by atoms with E-state index in [9.17, 15) is 9.59 Å². The molecule has 0 spiro atoms. The highest BCUT2D eigenvalue weighted by Gasteiger charge is 2.11. The van der Waals surface area contributed by atoms with Gasteiger partial charge in [-0.05, 0) is 35.4 Å². The number of nitrogens with zero attached hydrogens (tertiary/aromatic N) is 2. The third-order valence-corrected chi connectivity index (χ3v) is 4.55. The number of esters is 1. The van der Waals surface area contributed by atoms with Crippen molar-refractivity contribution in [2.45, 2.75) is 6.54 Å². The number of benzene rings is 2. The molecule has 1 saturated heterocycles. The van der Waals surface area contributed by atoms with E-state index in [0.717, 1.165) is 44.0 Å². The van der Waals surface area contributed by atoms with Crippen LogP contribution < -0.4 is 10.2 Å². The van der Waals surface area contributed by atoms with Gasteiger partial charge in [0.25, 0.3) is 5.91 Å². The molecule has 0 aliphatic carbocycles. The standard InChI is InChI=1S/C22H25N3O5/c1-28-21(26)16-30-20-4-2-3-18(13-20)14-23-24-22(27)19-7-5-17(6-8-19)15-25-9-11-29-12-10-25/h2-8,13-14H,9-12,15-16H2,1H3,(H,24,27)/b23-14+. The Morgan fingerprint density at radius 3 is 2.67 bits per heavy atom. The topological polar surface area (TPSA) is 89.5 Å². The zero-order valence-electron chi connectivity index (χ0n) is 16.9. The molecular weight excluding hydrogens is 386 g/mol. The van der Waals surface area contributed by atoms with Crippen LogP contribution in [0.3, 0.4) is 0 Å². The molecule has 0 saturated carbocycles. The lowest BCUT2D eigenvalue weighted by Gasteiger charge is -2.26. The molecule has 1 aliphatic rings. The van der Waals surface area contributed by atoms with Gasteiger partial charge in [0.2, 0.25) is 0 Å². The van der Waals surface area contributed by atoms with E-state index in [1.165, 1.54) is 13.3 Å². The number of rotatable bonds is 8. The van der Waals surface area contributed by atoms with Crippen LogP contribution in [0, 0.1) is 0 Å². The first kappa shape index (κ1) is 21.5. The summed E-state index contributed by atoms with van der Waals surface area (Å²) in [6.07, 6.45) is 1.51. The summed E-state index contributed by atoms with van der Waals surface area (Å²) in [6, 6.07) is 14.5. The summed E-state index contributed by atoms with van der Waals surface area (Å²) in [7, 11) is 1.30. The summed E-state index contributed by atoms with van der Waals surface area (Å²) in [5.74, 6) is -0.244. The Morgan fingerprint density at radius 1 is 1.17 bits per heavy atom. The molecule has 0 unspecified atom stereocenters. The molecule has 8 nitrogen and oxygen atoms in total. The fourth-order valence-electron chi connectivity index (χ4n) is 2.89. The van der Waals surface area contributed by atoms with Gasteiger partial charge < -0.3 is 14.2 Å². The van der Waals surface area contributed by atoms with Crippen LogP contribution in [0.2, 0.25) is 0 Å². The van der Waals surface area contributed by atoms with E-state index >= 15 is 0 Å². The maximum atomic E-state index is 12.3. The number of ether oxygens (including phenoxy) is 3. The first-order chi connectivity index (χ1) is 14.6. The van der Waals surface area contributed by atoms with Crippen molar-refractivity contribution in [2.75, 3.05) is 40.0 Å². The number of hydrazone groups is 1. The fourth-order valence-corrected chi connectivity index (χ4v) is 2.89. The lowest BCUT2D eigenvalue weighted by Crippen LogP contribution is -2.35. The summed E-state index contributed by atoms with van der Waals surface area (Å²) < 4.78 is 15.2. The van der Waals surface area contributed by atoms with E-state index in [2.05, 4.69) is 20.2 Å². The zero-order chi connectivity index (χ0) is 21.2. The summed E-state index contributed by atoms with van der Waals surface area (Å²) in [6.45, 7) is 4.04. The highest BCUT2D eigenvalue weighted by molar-refractivity contribution is 5.94. The maximum Gasteiger partial charge on any atom is 0.343 e. The lowest BCUT2D eigenvalue weighted by atomic mass is 10.1. The van der Waals surface area contributed by atoms with Crippen molar-refractivity contribution in [1.82, 2.24) is 10.3 Å². The van der Waals surface area contributed by atoms with Gasteiger partial charge in [0, 0.05) is 25.2 Å². The monoisotopic (exact) mass is 411 g/mol. The van der Waals surface area contributed by atoms with E-state index in [1.54, 1.807) is 36.4 Å². The lowest BCUT2D eigenvalue weighted by molar-refractivity contribution is -0.142. The Hall–Kier alpha value is -3.23. The number of nitrogens with one attached hydrogen (secondary N) is 1.